The van der Waals surface area contributed by atoms with Crippen LogP contribution in [0.5, 0.6) is 11.5 Å². The van der Waals surface area contributed by atoms with E-state index in [1.807, 2.05) is 49.4 Å². The van der Waals surface area contributed by atoms with Crippen molar-refractivity contribution in [2.45, 2.75) is 26.4 Å². The van der Waals surface area contributed by atoms with E-state index < -0.39 is 0 Å². The lowest BCUT2D eigenvalue weighted by atomic mass is 10.0. The van der Waals surface area contributed by atoms with E-state index in [0.717, 1.165) is 17.7 Å². The highest BCUT2D eigenvalue weighted by atomic mass is 16.5. The SMILES string of the molecule is CCCOc1c(OCC)cccc1C1Nc2ccccc2C(=O)N1C. The first-order chi connectivity index (χ1) is 12.2. The predicted molar refractivity (Wildman–Crippen MR) is 98.3 cm³/mol. The highest BCUT2D eigenvalue weighted by Crippen LogP contribution is 2.40. The van der Waals surface area contributed by atoms with Gasteiger partial charge in [-0.1, -0.05) is 31.2 Å². The van der Waals surface area contributed by atoms with Crippen molar-refractivity contribution in [2.75, 3.05) is 25.6 Å². The first-order valence-electron chi connectivity index (χ1n) is 8.68. The van der Waals surface area contributed by atoms with Crippen LogP contribution < -0.4 is 14.8 Å². The van der Waals surface area contributed by atoms with Crippen molar-refractivity contribution in [3.8, 4) is 11.5 Å². The maximum atomic E-state index is 12.8. The highest BCUT2D eigenvalue weighted by molar-refractivity contribution is 6.01. The van der Waals surface area contributed by atoms with E-state index in [1.54, 1.807) is 11.9 Å². The molecule has 1 aliphatic rings. The van der Waals surface area contributed by atoms with Crippen LogP contribution in [-0.2, 0) is 0 Å². The van der Waals surface area contributed by atoms with Crippen LogP contribution in [0.1, 0.15) is 42.4 Å². The Balaban J connectivity index is 2.03. The molecule has 2 aromatic rings. The molecule has 1 unspecified atom stereocenters. The largest absolute Gasteiger partial charge is 0.490 e. The topological polar surface area (TPSA) is 50.8 Å². The first kappa shape index (κ1) is 17.1. The molecule has 1 aliphatic heterocycles. The Labute approximate surface area is 148 Å². The number of ether oxygens (including phenoxy) is 2. The number of para-hydroxylation sites is 2. The van der Waals surface area contributed by atoms with E-state index in [2.05, 4.69) is 12.2 Å². The minimum Gasteiger partial charge on any atom is -0.490 e. The molecule has 0 fully saturated rings. The van der Waals surface area contributed by atoms with Crippen LogP contribution in [0, 0.1) is 0 Å². The van der Waals surface area contributed by atoms with Crippen LogP contribution in [-0.4, -0.2) is 31.1 Å². The van der Waals surface area contributed by atoms with Crippen LogP contribution in [0.15, 0.2) is 42.5 Å². The van der Waals surface area contributed by atoms with Gasteiger partial charge in [-0.25, -0.2) is 0 Å². The van der Waals surface area contributed by atoms with Crippen molar-refractivity contribution in [1.82, 2.24) is 4.90 Å². The summed E-state index contributed by atoms with van der Waals surface area (Å²) in [7, 11) is 1.80. The molecule has 3 rings (SSSR count). The molecule has 25 heavy (non-hydrogen) atoms. The van der Waals surface area contributed by atoms with E-state index >= 15 is 0 Å². The van der Waals surface area contributed by atoms with Crippen molar-refractivity contribution >= 4 is 11.6 Å². The minimum absolute atomic E-state index is 0.0115. The summed E-state index contributed by atoms with van der Waals surface area (Å²) in [5, 5.41) is 3.45. The van der Waals surface area contributed by atoms with Crippen LogP contribution in [0.4, 0.5) is 5.69 Å². The quantitative estimate of drug-likeness (QED) is 0.861. The smallest absolute Gasteiger partial charge is 0.257 e. The maximum absolute atomic E-state index is 12.8. The van der Waals surface area contributed by atoms with Crippen molar-refractivity contribution < 1.29 is 14.3 Å². The monoisotopic (exact) mass is 340 g/mol. The zero-order chi connectivity index (χ0) is 17.8. The fourth-order valence-corrected chi connectivity index (χ4v) is 3.01. The van der Waals surface area contributed by atoms with Crippen molar-refractivity contribution in [1.29, 1.82) is 0 Å². The summed E-state index contributed by atoms with van der Waals surface area (Å²) >= 11 is 0. The average molecular weight is 340 g/mol. The lowest BCUT2D eigenvalue weighted by Gasteiger charge is -2.36. The number of hydrogen-bond acceptors (Lipinski definition) is 4. The van der Waals surface area contributed by atoms with Gasteiger partial charge in [0, 0.05) is 18.3 Å². The third kappa shape index (κ3) is 3.27. The zero-order valence-electron chi connectivity index (χ0n) is 14.9. The van der Waals surface area contributed by atoms with Gasteiger partial charge in [0.1, 0.15) is 6.17 Å². The van der Waals surface area contributed by atoms with Gasteiger partial charge in [-0.15, -0.1) is 0 Å². The maximum Gasteiger partial charge on any atom is 0.257 e. The average Bonchev–Trinajstić information content (AvgIpc) is 2.64. The molecule has 1 N–H and O–H groups in total. The highest BCUT2D eigenvalue weighted by Gasteiger charge is 2.32. The molecule has 0 radical (unpaired) electrons. The first-order valence-corrected chi connectivity index (χ1v) is 8.68. The summed E-state index contributed by atoms with van der Waals surface area (Å²) in [6, 6.07) is 13.4. The molecule has 5 nitrogen and oxygen atoms in total. The molecule has 0 saturated carbocycles. The van der Waals surface area contributed by atoms with E-state index in [0.29, 0.717) is 30.3 Å². The second-order valence-electron chi connectivity index (χ2n) is 5.96. The number of nitrogens with one attached hydrogen (secondary N) is 1. The Kier molecular flexibility index (Phi) is 5.12. The standard InChI is InChI=1S/C20H24N2O3/c1-4-13-25-18-15(10-8-12-17(18)24-5-2)19-21-16-11-7-6-9-14(16)20(23)22(19)3/h6-12,19,21H,4-5,13H2,1-3H3. The lowest BCUT2D eigenvalue weighted by Crippen LogP contribution is -2.40. The summed E-state index contributed by atoms with van der Waals surface area (Å²) in [6.07, 6.45) is 0.588. The Morgan fingerprint density at radius 3 is 2.64 bits per heavy atom. The number of carbonyl (C=O) groups is 1. The summed E-state index contributed by atoms with van der Waals surface area (Å²) in [5.41, 5.74) is 2.40. The van der Waals surface area contributed by atoms with Gasteiger partial charge in [0.05, 0.1) is 18.8 Å². The normalized spacial score (nSPS) is 16.2. The molecule has 0 bridgehead atoms. The second kappa shape index (κ2) is 7.47. The third-order valence-electron chi connectivity index (χ3n) is 4.21. The Hall–Kier alpha value is -2.69. The van der Waals surface area contributed by atoms with Crippen molar-refractivity contribution in [2.24, 2.45) is 0 Å². The molecule has 1 heterocycles. The number of hydrogen-bond donors (Lipinski definition) is 1. The molecule has 2 aromatic carbocycles. The van der Waals surface area contributed by atoms with Gasteiger partial charge in [0.25, 0.3) is 5.91 Å². The molecule has 0 saturated heterocycles. The molecule has 5 heteroatoms. The molecule has 1 amide bonds. The Morgan fingerprint density at radius 1 is 1.08 bits per heavy atom. The van der Waals surface area contributed by atoms with Crippen LogP contribution in [0.2, 0.25) is 0 Å². The summed E-state index contributed by atoms with van der Waals surface area (Å²) in [5.74, 6) is 1.39. The fourth-order valence-electron chi connectivity index (χ4n) is 3.01. The lowest BCUT2D eigenvalue weighted by molar-refractivity contribution is 0.0733. The molecule has 132 valence electrons. The Morgan fingerprint density at radius 2 is 1.88 bits per heavy atom. The molecule has 0 aliphatic carbocycles. The number of anilines is 1. The van der Waals surface area contributed by atoms with E-state index in [-0.39, 0.29) is 12.1 Å². The van der Waals surface area contributed by atoms with Crippen molar-refractivity contribution in [3.05, 3.63) is 53.6 Å². The zero-order valence-corrected chi connectivity index (χ0v) is 14.9. The number of carbonyl (C=O) groups excluding carboxylic acids is 1. The van der Waals surface area contributed by atoms with Gasteiger partial charge in [0.15, 0.2) is 11.5 Å². The summed E-state index contributed by atoms with van der Waals surface area (Å²) < 4.78 is 11.7. The second-order valence-corrected chi connectivity index (χ2v) is 5.96. The Bertz CT molecular complexity index is 760. The van der Waals surface area contributed by atoms with Gasteiger partial charge >= 0.3 is 0 Å². The number of amides is 1. The van der Waals surface area contributed by atoms with Gasteiger partial charge < -0.3 is 19.7 Å². The van der Waals surface area contributed by atoms with E-state index in [4.69, 9.17) is 9.47 Å². The van der Waals surface area contributed by atoms with Gasteiger partial charge in [-0.3, -0.25) is 4.79 Å². The molecule has 1 atom stereocenters. The van der Waals surface area contributed by atoms with E-state index in [9.17, 15) is 4.79 Å². The molecular formula is C20H24N2O3. The summed E-state index contributed by atoms with van der Waals surface area (Å²) in [6.45, 7) is 5.16. The number of benzene rings is 2. The van der Waals surface area contributed by atoms with Gasteiger partial charge in [0.2, 0.25) is 0 Å². The van der Waals surface area contributed by atoms with Gasteiger partial charge in [-0.05, 0) is 31.5 Å². The third-order valence-corrected chi connectivity index (χ3v) is 4.21. The summed E-state index contributed by atoms with van der Waals surface area (Å²) in [4.78, 5) is 14.5. The van der Waals surface area contributed by atoms with Crippen LogP contribution >= 0.6 is 0 Å². The molecular weight excluding hydrogens is 316 g/mol. The molecule has 0 spiro atoms. The van der Waals surface area contributed by atoms with Gasteiger partial charge in [-0.2, -0.15) is 0 Å². The van der Waals surface area contributed by atoms with Crippen LogP contribution in [0.25, 0.3) is 0 Å². The van der Waals surface area contributed by atoms with Crippen molar-refractivity contribution in [3.63, 3.8) is 0 Å². The van der Waals surface area contributed by atoms with Crippen LogP contribution in [0.3, 0.4) is 0 Å². The van der Waals surface area contributed by atoms with E-state index in [1.165, 1.54) is 0 Å². The minimum atomic E-state index is -0.310. The number of nitrogens with zero attached hydrogens (tertiary/aromatic N) is 1. The fraction of sp³-hybridized carbons (Fsp3) is 0.350. The number of fused-ring (bicyclic) bond motifs is 1. The molecule has 0 aromatic heterocycles. The predicted octanol–water partition coefficient (Wildman–Crippen LogP) is 4.07. The number of rotatable bonds is 6.